The van der Waals surface area contributed by atoms with Crippen LogP contribution in [0.1, 0.15) is 38.3 Å². The van der Waals surface area contributed by atoms with Gasteiger partial charge in [-0.3, -0.25) is 0 Å². The monoisotopic (exact) mass is 468 g/mol. The van der Waals surface area contributed by atoms with E-state index in [1.807, 2.05) is 42.7 Å². The number of aromatic nitrogens is 6. The van der Waals surface area contributed by atoms with Crippen molar-refractivity contribution in [3.05, 3.63) is 66.6 Å². The Bertz CT molecular complexity index is 1540. The number of benzene rings is 1. The molecular weight excluding hydrogens is 443 g/mol. The maximum atomic E-state index is 14.7. The molecule has 0 spiro atoms. The zero-order valence-electron chi connectivity index (χ0n) is 19.6. The minimum Gasteiger partial charge on any atom is -0.341 e. The molecule has 5 heterocycles. The molecule has 0 aliphatic carbocycles. The van der Waals surface area contributed by atoms with E-state index in [1.165, 1.54) is 19.0 Å². The Hall–Kier alpha value is -4.14. The molecule has 8 nitrogen and oxygen atoms in total. The van der Waals surface area contributed by atoms with E-state index in [1.54, 1.807) is 6.20 Å². The summed E-state index contributed by atoms with van der Waals surface area (Å²) in [5.41, 5.74) is 4.42. The lowest BCUT2D eigenvalue weighted by atomic mass is 10.1. The van der Waals surface area contributed by atoms with Crippen molar-refractivity contribution in [2.45, 2.75) is 32.6 Å². The average molecular weight is 469 g/mol. The first-order chi connectivity index (χ1) is 17.0. The first kappa shape index (κ1) is 21.4. The summed E-state index contributed by atoms with van der Waals surface area (Å²) < 4.78 is 16.8. The Morgan fingerprint density at radius 1 is 0.943 bits per heavy atom. The molecule has 0 unspecified atom stereocenters. The molecule has 1 N–H and O–H groups in total. The van der Waals surface area contributed by atoms with Crippen LogP contribution in [0.3, 0.4) is 0 Å². The number of anilines is 3. The summed E-state index contributed by atoms with van der Waals surface area (Å²) in [6, 6.07) is 9.44. The molecule has 1 aliphatic rings. The van der Waals surface area contributed by atoms with Crippen LogP contribution in [-0.2, 0) is 0 Å². The molecule has 6 rings (SSSR count). The Morgan fingerprint density at radius 2 is 1.80 bits per heavy atom. The number of hydrogen-bond donors (Lipinski definition) is 1. The van der Waals surface area contributed by atoms with E-state index in [-0.39, 0.29) is 5.69 Å². The molecular formula is C26H25FN8. The summed E-state index contributed by atoms with van der Waals surface area (Å²) in [6.45, 7) is 6.24. The molecule has 0 atom stereocenters. The summed E-state index contributed by atoms with van der Waals surface area (Å²) in [5.74, 6) is 0.931. The first-order valence-corrected chi connectivity index (χ1v) is 11.8. The first-order valence-electron chi connectivity index (χ1n) is 11.8. The van der Waals surface area contributed by atoms with Gasteiger partial charge in [0.05, 0.1) is 11.7 Å². The van der Waals surface area contributed by atoms with Crippen molar-refractivity contribution in [1.82, 2.24) is 29.3 Å². The van der Waals surface area contributed by atoms with E-state index in [0.29, 0.717) is 17.4 Å². The van der Waals surface area contributed by atoms with Crippen LogP contribution in [0.5, 0.6) is 0 Å². The van der Waals surface area contributed by atoms with Gasteiger partial charge in [0.2, 0.25) is 11.9 Å². The Labute approximate surface area is 201 Å². The fraction of sp³-hybridized carbons (Fsp3) is 0.269. The number of fused-ring (bicyclic) bond motifs is 2. The van der Waals surface area contributed by atoms with Gasteiger partial charge in [0.25, 0.3) is 0 Å². The second-order valence-corrected chi connectivity index (χ2v) is 9.13. The summed E-state index contributed by atoms with van der Waals surface area (Å²) in [7, 11) is 0. The number of nitrogens with zero attached hydrogens (tertiary/aromatic N) is 7. The summed E-state index contributed by atoms with van der Waals surface area (Å²) in [5, 5.41) is 4.01. The third-order valence-electron chi connectivity index (χ3n) is 6.36. The zero-order valence-corrected chi connectivity index (χ0v) is 19.6. The van der Waals surface area contributed by atoms with Gasteiger partial charge in [-0.2, -0.15) is 0 Å². The number of imidazole rings is 1. The van der Waals surface area contributed by atoms with Crippen molar-refractivity contribution in [3.63, 3.8) is 0 Å². The van der Waals surface area contributed by atoms with Gasteiger partial charge in [0, 0.05) is 60.1 Å². The molecule has 1 fully saturated rings. The molecule has 0 amide bonds. The molecule has 35 heavy (non-hydrogen) atoms. The Balaban J connectivity index is 1.29. The highest BCUT2D eigenvalue weighted by Gasteiger charge is 2.16. The molecule has 1 aromatic carbocycles. The highest BCUT2D eigenvalue weighted by atomic mass is 19.1. The van der Waals surface area contributed by atoms with E-state index in [4.69, 9.17) is 4.98 Å². The van der Waals surface area contributed by atoms with Gasteiger partial charge in [0.15, 0.2) is 5.82 Å². The van der Waals surface area contributed by atoms with Gasteiger partial charge in [-0.05, 0) is 37.0 Å². The third-order valence-corrected chi connectivity index (χ3v) is 6.36. The van der Waals surface area contributed by atoms with Gasteiger partial charge in [0.1, 0.15) is 11.3 Å². The van der Waals surface area contributed by atoms with E-state index < -0.39 is 5.82 Å². The molecule has 1 aliphatic heterocycles. The van der Waals surface area contributed by atoms with Crippen molar-refractivity contribution < 1.29 is 4.39 Å². The maximum absolute atomic E-state index is 14.7. The van der Waals surface area contributed by atoms with Crippen LogP contribution in [0.25, 0.3) is 27.8 Å². The number of rotatable bonds is 5. The molecule has 0 saturated carbocycles. The SMILES string of the molecule is CC(C)c1cnc2cc(Nc3ncc(F)c(-c4ccc5nc(N6CCCC6)ncc5c4)n3)ccn12. The van der Waals surface area contributed by atoms with Crippen LogP contribution >= 0.6 is 0 Å². The summed E-state index contributed by atoms with van der Waals surface area (Å²) in [4.78, 5) is 24.5. The van der Waals surface area contributed by atoms with Crippen molar-refractivity contribution in [1.29, 1.82) is 0 Å². The van der Waals surface area contributed by atoms with Crippen molar-refractivity contribution >= 4 is 34.1 Å². The second kappa shape index (κ2) is 8.57. The lowest BCUT2D eigenvalue weighted by Gasteiger charge is -2.15. The van der Waals surface area contributed by atoms with Crippen LogP contribution in [-0.4, -0.2) is 42.4 Å². The zero-order chi connectivity index (χ0) is 23.9. The van der Waals surface area contributed by atoms with Gasteiger partial charge >= 0.3 is 0 Å². The number of halogens is 1. The molecule has 9 heteroatoms. The standard InChI is InChI=1S/C26H25FN8/c1-16(2)22-15-28-23-12-19(7-10-35(22)23)31-25-29-14-20(27)24(33-25)17-5-6-21-18(11-17)13-30-26(32-21)34-8-3-4-9-34/h5-7,10-16H,3-4,8-9H2,1-2H3,(H,29,31,33). The molecule has 4 aromatic heterocycles. The minimum atomic E-state index is -0.491. The Kier molecular flexibility index (Phi) is 5.24. The normalized spacial score (nSPS) is 13.9. The molecule has 1 saturated heterocycles. The Morgan fingerprint density at radius 3 is 2.63 bits per heavy atom. The van der Waals surface area contributed by atoms with Crippen LogP contribution in [0.2, 0.25) is 0 Å². The highest BCUT2D eigenvalue weighted by molar-refractivity contribution is 5.84. The fourth-order valence-corrected chi connectivity index (χ4v) is 4.50. The van der Waals surface area contributed by atoms with Gasteiger partial charge in [-0.25, -0.2) is 29.3 Å². The van der Waals surface area contributed by atoms with E-state index in [9.17, 15) is 4.39 Å². The third kappa shape index (κ3) is 4.03. The largest absolute Gasteiger partial charge is 0.341 e. The van der Waals surface area contributed by atoms with Crippen LogP contribution in [0.4, 0.5) is 22.0 Å². The highest BCUT2D eigenvalue weighted by Crippen LogP contribution is 2.27. The van der Waals surface area contributed by atoms with Crippen molar-refractivity contribution in [2.24, 2.45) is 0 Å². The number of pyridine rings is 1. The van der Waals surface area contributed by atoms with Crippen LogP contribution in [0, 0.1) is 5.82 Å². The van der Waals surface area contributed by atoms with Crippen LogP contribution in [0.15, 0.2) is 55.1 Å². The lowest BCUT2D eigenvalue weighted by molar-refractivity contribution is 0.619. The van der Waals surface area contributed by atoms with E-state index in [2.05, 4.69) is 48.4 Å². The number of hydrogen-bond acceptors (Lipinski definition) is 7. The van der Waals surface area contributed by atoms with Gasteiger partial charge < -0.3 is 14.6 Å². The summed E-state index contributed by atoms with van der Waals surface area (Å²) >= 11 is 0. The van der Waals surface area contributed by atoms with Crippen LogP contribution < -0.4 is 10.2 Å². The van der Waals surface area contributed by atoms with E-state index in [0.717, 1.165) is 47.0 Å². The lowest BCUT2D eigenvalue weighted by Crippen LogP contribution is -2.20. The minimum absolute atomic E-state index is 0.219. The summed E-state index contributed by atoms with van der Waals surface area (Å²) in [6.07, 6.45) is 9.16. The van der Waals surface area contributed by atoms with Crippen molar-refractivity contribution in [2.75, 3.05) is 23.3 Å². The topological polar surface area (TPSA) is 84.1 Å². The van der Waals surface area contributed by atoms with E-state index >= 15 is 0 Å². The predicted octanol–water partition coefficient (Wildman–Crippen LogP) is 5.34. The second-order valence-electron chi connectivity index (χ2n) is 9.13. The quantitative estimate of drug-likeness (QED) is 0.373. The predicted molar refractivity (Wildman–Crippen MR) is 135 cm³/mol. The van der Waals surface area contributed by atoms with Crippen molar-refractivity contribution in [3.8, 4) is 11.3 Å². The maximum Gasteiger partial charge on any atom is 0.227 e. The molecule has 0 bridgehead atoms. The van der Waals surface area contributed by atoms with Gasteiger partial charge in [-0.15, -0.1) is 0 Å². The number of nitrogens with one attached hydrogen (secondary N) is 1. The molecule has 0 radical (unpaired) electrons. The molecule has 5 aromatic rings. The smallest absolute Gasteiger partial charge is 0.227 e. The molecule has 176 valence electrons. The van der Waals surface area contributed by atoms with Gasteiger partial charge in [-0.1, -0.05) is 19.9 Å². The fourth-order valence-electron chi connectivity index (χ4n) is 4.50. The average Bonchev–Trinajstić information content (AvgIpc) is 3.55.